The molecule has 5 heteroatoms. The molecule has 0 amide bonds. The minimum Gasteiger partial charge on any atom is -0.481 e. The molecule has 2 aliphatic carbocycles. The highest BCUT2D eigenvalue weighted by atomic mass is 16.4. The summed E-state index contributed by atoms with van der Waals surface area (Å²) in [6.45, 7) is 0. The van der Waals surface area contributed by atoms with Crippen LogP contribution in [0.4, 0.5) is 0 Å². The van der Waals surface area contributed by atoms with Gasteiger partial charge in [-0.05, 0) is 22.3 Å². The van der Waals surface area contributed by atoms with Crippen molar-refractivity contribution in [3.63, 3.8) is 0 Å². The summed E-state index contributed by atoms with van der Waals surface area (Å²) in [4.78, 5) is 24.2. The van der Waals surface area contributed by atoms with Crippen LogP contribution in [0.15, 0.2) is 48.5 Å². The predicted molar refractivity (Wildman–Crippen MR) is 80.1 cm³/mol. The van der Waals surface area contributed by atoms with Gasteiger partial charge in [0.25, 0.3) is 0 Å². The highest BCUT2D eigenvalue weighted by Crippen LogP contribution is 2.63. The predicted octanol–water partition coefficient (Wildman–Crippen LogP) is 1.90. The molecule has 5 nitrogen and oxygen atoms in total. The number of aliphatic hydroxyl groups excluding tert-OH is 1. The van der Waals surface area contributed by atoms with Crippen LogP contribution in [0.5, 0.6) is 0 Å². The van der Waals surface area contributed by atoms with Gasteiger partial charge in [-0.1, -0.05) is 48.5 Å². The van der Waals surface area contributed by atoms with Gasteiger partial charge in [0, 0.05) is 5.92 Å². The van der Waals surface area contributed by atoms with Gasteiger partial charge in [0.05, 0.1) is 5.92 Å². The van der Waals surface area contributed by atoms with E-state index in [-0.39, 0.29) is 0 Å². The Morgan fingerprint density at radius 3 is 2.04 bits per heavy atom. The van der Waals surface area contributed by atoms with Crippen molar-refractivity contribution in [3.05, 3.63) is 70.8 Å². The first-order valence-corrected chi connectivity index (χ1v) is 7.33. The van der Waals surface area contributed by atoms with Gasteiger partial charge in [0.2, 0.25) is 0 Å². The summed E-state index contributed by atoms with van der Waals surface area (Å²) in [5.41, 5.74) is 0.393. The molecular formula is C18H14O5. The van der Waals surface area contributed by atoms with E-state index in [1.165, 1.54) is 0 Å². The van der Waals surface area contributed by atoms with Gasteiger partial charge in [0.15, 0.2) is 0 Å². The quantitative estimate of drug-likeness (QED) is 0.787. The van der Waals surface area contributed by atoms with Gasteiger partial charge in [-0.15, -0.1) is 0 Å². The third kappa shape index (κ3) is 1.45. The molecule has 0 aliphatic heterocycles. The monoisotopic (exact) mass is 310 g/mol. The summed E-state index contributed by atoms with van der Waals surface area (Å²) in [5.74, 6) is -4.31. The van der Waals surface area contributed by atoms with Crippen molar-refractivity contribution in [1.82, 2.24) is 0 Å². The molecule has 0 aromatic heterocycles. The van der Waals surface area contributed by atoms with E-state index < -0.39 is 35.3 Å². The molecular weight excluding hydrogens is 296 g/mol. The number of aliphatic hydroxyl groups is 1. The molecule has 23 heavy (non-hydrogen) atoms. The average molecular weight is 310 g/mol. The van der Waals surface area contributed by atoms with Gasteiger partial charge in [-0.25, -0.2) is 0 Å². The maximum absolute atomic E-state index is 12.2. The Balaban J connectivity index is 2.16. The van der Waals surface area contributed by atoms with E-state index in [9.17, 15) is 24.9 Å². The number of aliphatic carboxylic acids is 2. The number of hydrogen-bond donors (Lipinski definition) is 3. The number of hydrogen-bond acceptors (Lipinski definition) is 3. The third-order valence-corrected chi connectivity index (χ3v) is 5.24. The lowest BCUT2D eigenvalue weighted by Crippen LogP contribution is -2.51. The lowest BCUT2D eigenvalue weighted by atomic mass is 9.61. The second-order valence-corrected chi connectivity index (χ2v) is 6.09. The first kappa shape index (κ1) is 14.0. The second-order valence-electron chi connectivity index (χ2n) is 6.09. The summed E-state index contributed by atoms with van der Waals surface area (Å²) < 4.78 is 0. The molecule has 0 saturated carbocycles. The van der Waals surface area contributed by atoms with Crippen LogP contribution < -0.4 is 0 Å². The summed E-state index contributed by atoms with van der Waals surface area (Å²) in [7, 11) is 0. The van der Waals surface area contributed by atoms with Gasteiger partial charge in [-0.2, -0.15) is 0 Å². The molecule has 4 atom stereocenters. The molecule has 0 radical (unpaired) electrons. The number of benzene rings is 2. The number of carboxylic acid groups (broad SMARTS) is 2. The Bertz CT molecular complexity index is 843. The van der Waals surface area contributed by atoms with Crippen LogP contribution in [0, 0.1) is 5.92 Å². The maximum Gasteiger partial charge on any atom is 0.318 e. The first-order valence-electron chi connectivity index (χ1n) is 7.33. The Morgan fingerprint density at radius 2 is 1.43 bits per heavy atom. The topological polar surface area (TPSA) is 94.8 Å². The molecule has 2 aromatic carbocycles. The van der Waals surface area contributed by atoms with Crippen molar-refractivity contribution in [2.45, 2.75) is 17.4 Å². The number of carbonyl (C=O) groups is 2. The van der Waals surface area contributed by atoms with E-state index in [0.29, 0.717) is 22.3 Å². The van der Waals surface area contributed by atoms with E-state index in [2.05, 4.69) is 0 Å². The molecule has 3 N–H and O–H groups in total. The van der Waals surface area contributed by atoms with Crippen LogP contribution in [0.2, 0.25) is 0 Å². The van der Waals surface area contributed by atoms with Gasteiger partial charge >= 0.3 is 11.9 Å². The Kier molecular flexibility index (Phi) is 2.69. The zero-order valence-corrected chi connectivity index (χ0v) is 12.0. The number of carboxylic acids is 2. The largest absolute Gasteiger partial charge is 0.481 e. The molecule has 0 fully saturated rings. The Morgan fingerprint density at radius 1 is 0.870 bits per heavy atom. The van der Waals surface area contributed by atoms with Crippen molar-refractivity contribution in [1.29, 1.82) is 0 Å². The van der Waals surface area contributed by atoms with Gasteiger partial charge in [0.1, 0.15) is 11.5 Å². The normalized spacial score (nSPS) is 30.4. The molecule has 4 rings (SSSR count). The van der Waals surface area contributed by atoms with Crippen molar-refractivity contribution in [2.24, 2.45) is 5.92 Å². The molecule has 2 aromatic rings. The Hall–Kier alpha value is -2.66. The summed E-state index contributed by atoms with van der Waals surface area (Å²) >= 11 is 0. The summed E-state index contributed by atoms with van der Waals surface area (Å²) in [5, 5.41) is 30.6. The van der Waals surface area contributed by atoms with Crippen molar-refractivity contribution >= 4 is 11.9 Å². The van der Waals surface area contributed by atoms with E-state index >= 15 is 0 Å². The van der Waals surface area contributed by atoms with Crippen molar-refractivity contribution in [3.8, 4) is 0 Å². The zero-order valence-electron chi connectivity index (χ0n) is 12.0. The van der Waals surface area contributed by atoms with Crippen LogP contribution in [0.1, 0.15) is 34.3 Å². The smallest absolute Gasteiger partial charge is 0.318 e. The zero-order chi connectivity index (χ0) is 16.4. The number of fused-ring (bicyclic) bond motifs is 7. The lowest BCUT2D eigenvalue weighted by Gasteiger charge is -2.41. The Labute approximate surface area is 131 Å². The first-order chi connectivity index (χ1) is 11.0. The summed E-state index contributed by atoms with van der Waals surface area (Å²) in [6, 6.07) is 13.8. The van der Waals surface area contributed by atoms with Gasteiger partial charge in [-0.3, -0.25) is 9.59 Å². The standard InChI is InChI=1S/C18H14O5/c19-15-10-6-2-1-5-9(10)13-11-7-3-4-8-12(11)18(15,17(22)23)14(13)16(20)21/h1-8,13-15,19H,(H,20,21)(H,22,23)/t13-,14-,15+,18+/m0/s1. The fourth-order valence-electron chi connectivity index (χ4n) is 4.41. The third-order valence-electron chi connectivity index (χ3n) is 5.24. The van der Waals surface area contributed by atoms with Crippen molar-refractivity contribution < 1.29 is 24.9 Å². The summed E-state index contributed by atoms with van der Waals surface area (Å²) in [6.07, 6.45) is -1.41. The molecule has 2 bridgehead atoms. The van der Waals surface area contributed by atoms with E-state index in [1.807, 2.05) is 0 Å². The fourth-order valence-corrected chi connectivity index (χ4v) is 4.41. The minimum absolute atomic E-state index is 0.397. The molecule has 0 heterocycles. The van der Waals surface area contributed by atoms with Crippen LogP contribution in [0.25, 0.3) is 0 Å². The maximum atomic E-state index is 12.2. The SMILES string of the molecule is O=C(O)[C@@H]1[C@H]2c3ccccc3[C@@H](O)[C@@]1(C(=O)O)c1ccccc12. The van der Waals surface area contributed by atoms with Gasteiger partial charge < -0.3 is 15.3 Å². The highest BCUT2D eigenvalue weighted by molar-refractivity contribution is 5.94. The lowest BCUT2D eigenvalue weighted by molar-refractivity contribution is -0.163. The highest BCUT2D eigenvalue weighted by Gasteiger charge is 2.67. The fraction of sp³-hybridized carbons (Fsp3) is 0.222. The van der Waals surface area contributed by atoms with E-state index in [1.54, 1.807) is 48.5 Å². The average Bonchev–Trinajstić information content (AvgIpc) is 2.82. The second kappa shape index (κ2) is 4.43. The molecule has 0 unspecified atom stereocenters. The number of rotatable bonds is 2. The van der Waals surface area contributed by atoms with Crippen LogP contribution in [0.3, 0.4) is 0 Å². The van der Waals surface area contributed by atoms with Crippen LogP contribution >= 0.6 is 0 Å². The van der Waals surface area contributed by atoms with Crippen molar-refractivity contribution in [2.75, 3.05) is 0 Å². The molecule has 116 valence electrons. The minimum atomic E-state index is -1.86. The van der Waals surface area contributed by atoms with E-state index in [0.717, 1.165) is 0 Å². The molecule has 0 spiro atoms. The molecule has 2 aliphatic rings. The van der Waals surface area contributed by atoms with Crippen LogP contribution in [-0.4, -0.2) is 27.3 Å². The molecule has 0 saturated heterocycles. The van der Waals surface area contributed by atoms with E-state index in [4.69, 9.17) is 0 Å². The van der Waals surface area contributed by atoms with Crippen LogP contribution in [-0.2, 0) is 15.0 Å².